The number of amides is 2. The summed E-state index contributed by atoms with van der Waals surface area (Å²) in [5.41, 5.74) is -0.744. The van der Waals surface area contributed by atoms with Gasteiger partial charge in [0.2, 0.25) is 0 Å². The molecule has 0 saturated carbocycles. The summed E-state index contributed by atoms with van der Waals surface area (Å²) in [5, 5.41) is 12.3. The van der Waals surface area contributed by atoms with Crippen LogP contribution in [0.25, 0.3) is 0 Å². The van der Waals surface area contributed by atoms with Crippen molar-refractivity contribution in [2.75, 3.05) is 18.5 Å². The molecular formula is C11H11ClF2N2O3. The number of rotatable bonds is 4. The molecular weight excluding hydrogens is 282 g/mol. The van der Waals surface area contributed by atoms with Gasteiger partial charge in [0.1, 0.15) is 5.69 Å². The number of benzene rings is 1. The largest absolute Gasteiger partial charge is 0.396 e. The van der Waals surface area contributed by atoms with E-state index in [2.05, 4.69) is 5.32 Å². The molecule has 0 aromatic heterocycles. The topological polar surface area (TPSA) is 78.4 Å². The maximum absolute atomic E-state index is 13.3. The van der Waals surface area contributed by atoms with Gasteiger partial charge in [-0.3, -0.25) is 9.59 Å². The van der Waals surface area contributed by atoms with E-state index in [-0.39, 0.29) is 24.6 Å². The van der Waals surface area contributed by atoms with Gasteiger partial charge in [-0.05, 0) is 18.6 Å². The molecule has 104 valence electrons. The molecule has 1 rings (SSSR count). The van der Waals surface area contributed by atoms with Gasteiger partial charge in [0.25, 0.3) is 0 Å². The van der Waals surface area contributed by atoms with Crippen molar-refractivity contribution in [2.45, 2.75) is 6.42 Å². The Morgan fingerprint density at radius 2 is 1.79 bits per heavy atom. The third-order valence-corrected chi connectivity index (χ3v) is 2.29. The lowest BCUT2D eigenvalue weighted by Gasteiger charge is -2.08. The molecule has 0 saturated heterocycles. The second-order valence-corrected chi connectivity index (χ2v) is 3.97. The van der Waals surface area contributed by atoms with Gasteiger partial charge in [0.15, 0.2) is 11.6 Å². The number of hydrogen-bond acceptors (Lipinski definition) is 3. The van der Waals surface area contributed by atoms with Crippen LogP contribution in [0.3, 0.4) is 0 Å². The molecule has 19 heavy (non-hydrogen) atoms. The SMILES string of the molecule is O=C(NCCCO)C(=O)Nc1c(F)cc(Cl)cc1F. The molecule has 0 radical (unpaired) electrons. The first-order valence-electron chi connectivity index (χ1n) is 5.30. The van der Waals surface area contributed by atoms with E-state index in [1.807, 2.05) is 5.32 Å². The van der Waals surface area contributed by atoms with Crippen LogP contribution >= 0.6 is 11.6 Å². The molecule has 0 bridgehead atoms. The summed E-state index contributed by atoms with van der Waals surface area (Å²) in [6.45, 7) is -0.0727. The number of carbonyl (C=O) groups excluding carboxylic acids is 2. The zero-order valence-corrected chi connectivity index (χ0v) is 10.4. The van der Waals surface area contributed by atoms with Crippen LogP contribution in [-0.4, -0.2) is 30.1 Å². The number of halogens is 3. The summed E-state index contributed by atoms with van der Waals surface area (Å²) in [5.74, 6) is -4.43. The molecule has 0 heterocycles. The number of carbonyl (C=O) groups is 2. The number of anilines is 1. The molecule has 0 fully saturated rings. The van der Waals surface area contributed by atoms with E-state index >= 15 is 0 Å². The van der Waals surface area contributed by atoms with Gasteiger partial charge in [0, 0.05) is 18.2 Å². The first kappa shape index (κ1) is 15.3. The van der Waals surface area contributed by atoms with E-state index in [0.29, 0.717) is 0 Å². The fourth-order valence-corrected chi connectivity index (χ4v) is 1.38. The van der Waals surface area contributed by atoms with Crippen LogP contribution in [-0.2, 0) is 9.59 Å². The van der Waals surface area contributed by atoms with Gasteiger partial charge in [0.05, 0.1) is 0 Å². The van der Waals surface area contributed by atoms with Crippen molar-refractivity contribution >= 4 is 29.1 Å². The normalized spacial score (nSPS) is 10.1. The van der Waals surface area contributed by atoms with Crippen molar-refractivity contribution in [3.8, 4) is 0 Å². The van der Waals surface area contributed by atoms with E-state index in [1.165, 1.54) is 0 Å². The van der Waals surface area contributed by atoms with E-state index in [1.54, 1.807) is 0 Å². The minimum atomic E-state index is -1.21. The van der Waals surface area contributed by atoms with Crippen molar-refractivity contribution in [2.24, 2.45) is 0 Å². The summed E-state index contributed by atoms with van der Waals surface area (Å²) >= 11 is 5.41. The predicted molar refractivity (Wildman–Crippen MR) is 64.7 cm³/mol. The highest BCUT2D eigenvalue weighted by Crippen LogP contribution is 2.23. The van der Waals surface area contributed by atoms with Crippen molar-refractivity contribution < 1.29 is 23.5 Å². The number of hydrogen-bond donors (Lipinski definition) is 3. The zero-order chi connectivity index (χ0) is 14.4. The number of nitrogens with one attached hydrogen (secondary N) is 2. The Morgan fingerprint density at radius 1 is 1.21 bits per heavy atom. The van der Waals surface area contributed by atoms with Gasteiger partial charge < -0.3 is 15.7 Å². The van der Waals surface area contributed by atoms with E-state index in [9.17, 15) is 18.4 Å². The zero-order valence-electron chi connectivity index (χ0n) is 9.67. The number of aliphatic hydroxyl groups excluding tert-OH is 1. The van der Waals surface area contributed by atoms with Gasteiger partial charge in [-0.25, -0.2) is 8.78 Å². The molecule has 0 unspecified atom stereocenters. The molecule has 0 spiro atoms. The van der Waals surface area contributed by atoms with E-state index in [0.717, 1.165) is 12.1 Å². The van der Waals surface area contributed by atoms with Crippen LogP contribution in [0, 0.1) is 11.6 Å². The Morgan fingerprint density at radius 3 is 2.32 bits per heavy atom. The Balaban J connectivity index is 2.69. The van der Waals surface area contributed by atoms with Gasteiger partial charge in [-0.15, -0.1) is 0 Å². The molecule has 5 nitrogen and oxygen atoms in total. The molecule has 2 amide bonds. The van der Waals surface area contributed by atoms with Crippen molar-refractivity contribution in [1.82, 2.24) is 5.32 Å². The molecule has 0 aliphatic rings. The first-order chi connectivity index (χ1) is 8.95. The maximum atomic E-state index is 13.3. The monoisotopic (exact) mass is 292 g/mol. The summed E-state index contributed by atoms with van der Waals surface area (Å²) in [4.78, 5) is 22.6. The van der Waals surface area contributed by atoms with Crippen molar-refractivity contribution in [3.05, 3.63) is 28.8 Å². The highest BCUT2D eigenvalue weighted by Gasteiger charge is 2.18. The summed E-state index contributed by atoms with van der Waals surface area (Å²) in [6.07, 6.45) is 0.267. The highest BCUT2D eigenvalue weighted by atomic mass is 35.5. The Kier molecular flexibility index (Phi) is 5.65. The standard InChI is InChI=1S/C11H11ClF2N2O3/c12-6-4-7(13)9(8(14)5-6)16-11(19)10(18)15-2-1-3-17/h4-5,17H,1-3H2,(H,15,18)(H,16,19). The lowest BCUT2D eigenvalue weighted by Crippen LogP contribution is -2.36. The highest BCUT2D eigenvalue weighted by molar-refractivity contribution is 6.39. The van der Waals surface area contributed by atoms with Gasteiger partial charge in [-0.1, -0.05) is 11.6 Å². The van der Waals surface area contributed by atoms with Gasteiger partial charge >= 0.3 is 11.8 Å². The van der Waals surface area contributed by atoms with Crippen LogP contribution in [0.1, 0.15) is 6.42 Å². The lowest BCUT2D eigenvalue weighted by atomic mass is 10.3. The summed E-state index contributed by atoms with van der Waals surface area (Å²) < 4.78 is 26.7. The van der Waals surface area contributed by atoms with Crippen LogP contribution in [0.5, 0.6) is 0 Å². The minimum Gasteiger partial charge on any atom is -0.396 e. The second kappa shape index (κ2) is 7.01. The molecule has 0 aliphatic heterocycles. The molecule has 1 aromatic rings. The average Bonchev–Trinajstić information content (AvgIpc) is 2.33. The summed E-state index contributed by atoms with van der Waals surface area (Å²) in [6, 6.07) is 1.62. The second-order valence-electron chi connectivity index (χ2n) is 3.53. The minimum absolute atomic E-state index is 0.0777. The molecule has 1 aromatic carbocycles. The molecule has 8 heteroatoms. The lowest BCUT2D eigenvalue weighted by molar-refractivity contribution is -0.136. The fourth-order valence-electron chi connectivity index (χ4n) is 1.19. The average molecular weight is 293 g/mol. The third kappa shape index (κ3) is 4.46. The molecule has 0 aliphatic carbocycles. The number of aliphatic hydroxyl groups is 1. The molecule has 3 N–H and O–H groups in total. The van der Waals surface area contributed by atoms with Gasteiger partial charge in [-0.2, -0.15) is 0 Å². The van der Waals surface area contributed by atoms with Crippen molar-refractivity contribution in [3.63, 3.8) is 0 Å². The quantitative estimate of drug-likeness (QED) is 0.573. The van der Waals surface area contributed by atoms with Crippen LogP contribution in [0.2, 0.25) is 5.02 Å². The predicted octanol–water partition coefficient (Wildman–Crippen LogP) is 1.06. The van der Waals surface area contributed by atoms with E-state index < -0.39 is 29.1 Å². The maximum Gasteiger partial charge on any atom is 0.313 e. The third-order valence-electron chi connectivity index (χ3n) is 2.07. The summed E-state index contributed by atoms with van der Waals surface area (Å²) in [7, 11) is 0. The first-order valence-corrected chi connectivity index (χ1v) is 5.68. The fraction of sp³-hybridized carbons (Fsp3) is 0.273. The van der Waals surface area contributed by atoms with Crippen LogP contribution < -0.4 is 10.6 Å². The Hall–Kier alpha value is -1.73. The van der Waals surface area contributed by atoms with Crippen LogP contribution in [0.4, 0.5) is 14.5 Å². The van der Waals surface area contributed by atoms with Crippen LogP contribution in [0.15, 0.2) is 12.1 Å². The molecule has 0 atom stereocenters. The Labute approximate surface area is 112 Å². The smallest absolute Gasteiger partial charge is 0.313 e. The Bertz CT molecular complexity index is 474. The van der Waals surface area contributed by atoms with Crippen molar-refractivity contribution in [1.29, 1.82) is 0 Å². The van der Waals surface area contributed by atoms with E-state index in [4.69, 9.17) is 16.7 Å².